The first-order chi connectivity index (χ1) is 12.2. The molecule has 0 bridgehead atoms. The van der Waals surface area contributed by atoms with Gasteiger partial charge in [0, 0.05) is 17.3 Å². The van der Waals surface area contributed by atoms with Crippen LogP contribution < -0.4 is 0 Å². The van der Waals surface area contributed by atoms with Gasteiger partial charge in [-0.3, -0.25) is 4.79 Å². The highest BCUT2D eigenvalue weighted by Crippen LogP contribution is 2.32. The van der Waals surface area contributed by atoms with Crippen molar-refractivity contribution in [2.24, 2.45) is 22.1 Å². The molecule has 1 saturated carbocycles. The minimum atomic E-state index is -0.129. The van der Waals surface area contributed by atoms with E-state index in [0.717, 1.165) is 37.1 Å². The van der Waals surface area contributed by atoms with Crippen molar-refractivity contribution in [1.29, 1.82) is 0 Å². The molecule has 1 aromatic heterocycles. The molecule has 2 rings (SSSR count). The molecule has 0 amide bonds. The minimum absolute atomic E-state index is 0.0346. The maximum atomic E-state index is 12.9. The van der Waals surface area contributed by atoms with Gasteiger partial charge < -0.3 is 5.11 Å². The van der Waals surface area contributed by atoms with Crippen molar-refractivity contribution in [3.05, 3.63) is 16.5 Å². The first-order valence-electron chi connectivity index (χ1n) is 9.47. The zero-order chi connectivity index (χ0) is 19.3. The van der Waals surface area contributed by atoms with Crippen LogP contribution in [0.2, 0.25) is 0 Å². The number of hydrogen-bond donors (Lipinski definition) is 1. The summed E-state index contributed by atoms with van der Waals surface area (Å²) in [4.78, 5) is 12.9. The van der Waals surface area contributed by atoms with E-state index in [1.807, 2.05) is 13.8 Å². The molecule has 1 aliphatic rings. The summed E-state index contributed by atoms with van der Waals surface area (Å²) < 4.78 is 0. The van der Waals surface area contributed by atoms with Crippen LogP contribution in [0.15, 0.2) is 21.7 Å². The number of nitrogens with zero attached hydrogens (tertiary/aromatic N) is 4. The number of aromatic nitrogens is 2. The molecular formula is C19H30N4O2S. The molecule has 1 N–H and O–H groups in total. The Balaban J connectivity index is 2.29. The fourth-order valence-corrected chi connectivity index (χ4v) is 3.59. The summed E-state index contributed by atoms with van der Waals surface area (Å²) in [7, 11) is 0. The van der Waals surface area contributed by atoms with Gasteiger partial charge in [0.05, 0.1) is 0 Å². The quantitative estimate of drug-likeness (QED) is 0.380. The van der Waals surface area contributed by atoms with Crippen molar-refractivity contribution in [3.8, 4) is 0 Å². The fraction of sp³-hybridized carbons (Fsp3) is 0.737. The molecule has 1 unspecified atom stereocenters. The Kier molecular flexibility index (Phi) is 7.03. The number of carbonyl (C=O) groups is 1. The second-order valence-electron chi connectivity index (χ2n) is 8.08. The Morgan fingerprint density at radius 3 is 2.46 bits per heavy atom. The summed E-state index contributed by atoms with van der Waals surface area (Å²) in [5.41, 5.74) is -0.0142. The average Bonchev–Trinajstić information content (AvgIpc) is 3.11. The van der Waals surface area contributed by atoms with Crippen LogP contribution in [-0.4, -0.2) is 21.1 Å². The number of azo groups is 1. The summed E-state index contributed by atoms with van der Waals surface area (Å²) in [5, 5.41) is 28.3. The number of carbonyl (C=O) groups excluding carboxylic acids is 1. The maximum Gasteiger partial charge on any atom is 0.251 e. The monoisotopic (exact) mass is 378 g/mol. The average molecular weight is 379 g/mol. The van der Waals surface area contributed by atoms with Gasteiger partial charge in [-0.05, 0) is 19.3 Å². The van der Waals surface area contributed by atoms with Crippen molar-refractivity contribution >= 4 is 22.3 Å². The summed E-state index contributed by atoms with van der Waals surface area (Å²) in [6.45, 7) is 10.0. The van der Waals surface area contributed by atoms with Crippen LogP contribution in [0, 0.1) is 11.8 Å². The summed E-state index contributed by atoms with van der Waals surface area (Å²) in [6.07, 6.45) is 5.72. The van der Waals surface area contributed by atoms with Gasteiger partial charge in [-0.2, -0.15) is 0 Å². The molecular weight excluding hydrogens is 348 g/mol. The van der Waals surface area contributed by atoms with E-state index in [4.69, 9.17) is 0 Å². The molecule has 1 aromatic rings. The number of aliphatic hydroxyl groups is 1. The van der Waals surface area contributed by atoms with Gasteiger partial charge in [-0.25, -0.2) is 0 Å². The van der Waals surface area contributed by atoms with E-state index in [2.05, 4.69) is 41.2 Å². The Hall–Kier alpha value is -1.63. The van der Waals surface area contributed by atoms with Crippen LogP contribution in [0.1, 0.15) is 78.2 Å². The number of rotatable bonds is 6. The smallest absolute Gasteiger partial charge is 0.251 e. The molecule has 0 aliphatic heterocycles. The van der Waals surface area contributed by atoms with E-state index in [-0.39, 0.29) is 34.5 Å². The van der Waals surface area contributed by atoms with E-state index in [1.54, 1.807) is 0 Å². The van der Waals surface area contributed by atoms with Gasteiger partial charge in [0.1, 0.15) is 10.8 Å². The number of hydrogen-bond acceptors (Lipinski definition) is 7. The molecule has 1 atom stereocenters. The highest BCUT2D eigenvalue weighted by atomic mass is 32.1. The summed E-state index contributed by atoms with van der Waals surface area (Å²) in [6, 6.07) is 0. The van der Waals surface area contributed by atoms with Crippen molar-refractivity contribution < 1.29 is 9.90 Å². The first-order valence-corrected chi connectivity index (χ1v) is 10.3. The van der Waals surface area contributed by atoms with Crippen molar-refractivity contribution in [2.45, 2.75) is 78.6 Å². The number of allylic oxidation sites excluding steroid dienone is 2. The van der Waals surface area contributed by atoms with E-state index < -0.39 is 0 Å². The lowest BCUT2D eigenvalue weighted by molar-refractivity contribution is -0.120. The number of ketones is 1. The molecule has 7 heteroatoms. The molecule has 144 valence electrons. The standard InChI is InChI=1S/C19H30N4O2S/c1-6-12(2)15(24)14(16(25)13-10-8-7-9-11-13)20-22-18-23-21-17(26-18)19(3,4)5/h12-13,24H,6-11H2,1-5H3/b15-14-,22-20?. The predicted molar refractivity (Wildman–Crippen MR) is 104 cm³/mol. The third-order valence-electron chi connectivity index (χ3n) is 4.82. The second kappa shape index (κ2) is 8.84. The van der Waals surface area contributed by atoms with E-state index >= 15 is 0 Å². The highest BCUT2D eigenvalue weighted by molar-refractivity contribution is 7.15. The molecule has 6 nitrogen and oxygen atoms in total. The van der Waals surface area contributed by atoms with E-state index in [1.165, 1.54) is 17.8 Å². The van der Waals surface area contributed by atoms with E-state index in [0.29, 0.717) is 5.13 Å². The van der Waals surface area contributed by atoms with Crippen molar-refractivity contribution in [3.63, 3.8) is 0 Å². The largest absolute Gasteiger partial charge is 0.510 e. The zero-order valence-electron chi connectivity index (χ0n) is 16.4. The van der Waals surface area contributed by atoms with Crippen LogP contribution in [0.4, 0.5) is 5.13 Å². The Bertz CT molecular complexity index is 682. The Labute approximate surface area is 159 Å². The topological polar surface area (TPSA) is 87.8 Å². The maximum absolute atomic E-state index is 12.9. The zero-order valence-corrected chi connectivity index (χ0v) is 17.3. The summed E-state index contributed by atoms with van der Waals surface area (Å²) >= 11 is 1.36. The van der Waals surface area contributed by atoms with Crippen molar-refractivity contribution in [2.75, 3.05) is 0 Å². The molecule has 0 aromatic carbocycles. The number of aliphatic hydroxyl groups excluding tert-OH is 1. The van der Waals surface area contributed by atoms with Crippen molar-refractivity contribution in [1.82, 2.24) is 10.2 Å². The van der Waals surface area contributed by atoms with Gasteiger partial charge in [0.25, 0.3) is 5.13 Å². The molecule has 0 spiro atoms. The van der Waals surface area contributed by atoms with Crippen LogP contribution in [0.25, 0.3) is 0 Å². The lowest BCUT2D eigenvalue weighted by Gasteiger charge is -2.21. The lowest BCUT2D eigenvalue weighted by Crippen LogP contribution is -2.21. The van der Waals surface area contributed by atoms with Gasteiger partial charge in [-0.15, -0.1) is 20.4 Å². The molecule has 26 heavy (non-hydrogen) atoms. The highest BCUT2D eigenvalue weighted by Gasteiger charge is 2.28. The first kappa shape index (κ1) is 20.7. The van der Waals surface area contributed by atoms with E-state index in [9.17, 15) is 9.90 Å². The van der Waals surface area contributed by atoms with Crippen LogP contribution >= 0.6 is 11.3 Å². The Morgan fingerprint density at radius 2 is 1.92 bits per heavy atom. The molecule has 1 aliphatic carbocycles. The molecule has 1 fully saturated rings. The van der Waals surface area contributed by atoms with Gasteiger partial charge in [-0.1, -0.05) is 65.2 Å². The SMILES string of the molecule is CCC(C)/C(O)=C(/N=Nc1nnc(C(C)(C)C)s1)C(=O)C1CCCCC1. The lowest BCUT2D eigenvalue weighted by atomic mass is 9.84. The van der Waals surface area contributed by atoms with Gasteiger partial charge >= 0.3 is 0 Å². The fourth-order valence-electron chi connectivity index (χ4n) is 2.86. The van der Waals surface area contributed by atoms with Gasteiger partial charge in [0.2, 0.25) is 0 Å². The molecule has 0 saturated heterocycles. The molecule has 0 radical (unpaired) electrons. The van der Waals surface area contributed by atoms with Crippen LogP contribution in [0.5, 0.6) is 0 Å². The van der Waals surface area contributed by atoms with Gasteiger partial charge in [0.15, 0.2) is 11.5 Å². The normalized spacial score (nSPS) is 18.8. The minimum Gasteiger partial charge on any atom is -0.510 e. The van der Waals surface area contributed by atoms with Crippen LogP contribution in [0.3, 0.4) is 0 Å². The van der Waals surface area contributed by atoms with Crippen LogP contribution in [-0.2, 0) is 10.2 Å². The number of Topliss-reactive ketones (excluding diaryl/α,β-unsaturated/α-hetero) is 1. The molecule has 1 heterocycles. The third kappa shape index (κ3) is 5.19. The predicted octanol–water partition coefficient (Wildman–Crippen LogP) is 5.88. The second-order valence-corrected chi connectivity index (χ2v) is 9.04. The Morgan fingerprint density at radius 1 is 1.27 bits per heavy atom. The summed E-state index contributed by atoms with van der Waals surface area (Å²) in [5.74, 6) is -0.251. The third-order valence-corrected chi connectivity index (χ3v) is 6.06.